The fourth-order valence-corrected chi connectivity index (χ4v) is 3.88. The number of hydrogen-bond donors (Lipinski definition) is 1. The number of nitrogens with one attached hydrogen (secondary N) is 1. The highest BCUT2D eigenvalue weighted by molar-refractivity contribution is 9.10. The molecule has 1 atom stereocenters. The molecule has 2 aromatic heterocycles. The largest absolute Gasteiger partial charge is 0.310 e. The summed E-state index contributed by atoms with van der Waals surface area (Å²) in [5.74, 6) is 0. The summed E-state index contributed by atoms with van der Waals surface area (Å²) in [6.45, 7) is 7.36. The van der Waals surface area contributed by atoms with E-state index in [1.54, 1.807) is 11.3 Å². The number of rotatable bonds is 7. The predicted molar refractivity (Wildman–Crippen MR) is 92.9 cm³/mol. The molecule has 0 saturated heterocycles. The summed E-state index contributed by atoms with van der Waals surface area (Å²) in [7, 11) is 0. The molecule has 0 bridgehead atoms. The second-order valence-corrected chi connectivity index (χ2v) is 7.09. The Hall–Kier alpha value is -0.780. The summed E-state index contributed by atoms with van der Waals surface area (Å²) < 4.78 is 1.16. The molecule has 0 spiro atoms. The van der Waals surface area contributed by atoms with Crippen molar-refractivity contribution >= 4 is 27.3 Å². The zero-order valence-electron chi connectivity index (χ0n) is 12.8. The minimum atomic E-state index is 0.305. The first-order valence-corrected chi connectivity index (χ1v) is 9.10. The predicted octanol–water partition coefficient (Wildman–Crippen LogP) is 4.45. The molecule has 0 amide bonds. The van der Waals surface area contributed by atoms with E-state index in [0.29, 0.717) is 6.04 Å². The smallest absolute Gasteiger partial charge is 0.0676 e. The van der Waals surface area contributed by atoms with Crippen molar-refractivity contribution in [3.05, 3.63) is 43.8 Å². The first-order chi connectivity index (χ1) is 10.1. The molecular weight excluding hydrogens is 346 g/mol. The van der Waals surface area contributed by atoms with Crippen LogP contribution in [0.1, 0.15) is 48.1 Å². The van der Waals surface area contributed by atoms with E-state index < -0.39 is 0 Å². The maximum absolute atomic E-state index is 4.38. The van der Waals surface area contributed by atoms with Gasteiger partial charge in [-0.15, -0.1) is 11.3 Å². The summed E-state index contributed by atoms with van der Waals surface area (Å²) in [6, 6.07) is 4.69. The van der Waals surface area contributed by atoms with Gasteiger partial charge in [-0.3, -0.25) is 0 Å². The Labute approximate surface area is 139 Å². The lowest BCUT2D eigenvalue weighted by Gasteiger charge is -2.20. The van der Waals surface area contributed by atoms with Crippen molar-refractivity contribution in [2.24, 2.45) is 0 Å². The molecule has 0 fully saturated rings. The van der Waals surface area contributed by atoms with E-state index in [1.165, 1.54) is 10.4 Å². The van der Waals surface area contributed by atoms with Crippen LogP contribution in [0.4, 0.5) is 0 Å². The molecule has 0 radical (unpaired) electrons. The lowest BCUT2D eigenvalue weighted by Crippen LogP contribution is -2.25. The molecule has 2 heterocycles. The second kappa shape index (κ2) is 8.01. The van der Waals surface area contributed by atoms with Crippen molar-refractivity contribution in [2.75, 3.05) is 6.54 Å². The Morgan fingerprint density at radius 3 is 2.71 bits per heavy atom. The van der Waals surface area contributed by atoms with Crippen LogP contribution in [-0.2, 0) is 12.8 Å². The van der Waals surface area contributed by atoms with Crippen LogP contribution in [0.15, 0.2) is 22.0 Å². The highest BCUT2D eigenvalue weighted by atomic mass is 79.9. The molecule has 0 aromatic carbocycles. The number of halogens is 1. The fourth-order valence-electron chi connectivity index (χ4n) is 2.38. The minimum Gasteiger partial charge on any atom is -0.310 e. The van der Waals surface area contributed by atoms with Crippen molar-refractivity contribution < 1.29 is 0 Å². The third-order valence-electron chi connectivity index (χ3n) is 3.40. The monoisotopic (exact) mass is 367 g/mol. The van der Waals surface area contributed by atoms with Gasteiger partial charge in [0.05, 0.1) is 11.4 Å². The number of thiophene rings is 1. The summed E-state index contributed by atoms with van der Waals surface area (Å²) >= 11 is 5.34. The van der Waals surface area contributed by atoms with Gasteiger partial charge in [0.2, 0.25) is 0 Å². The Bertz CT molecular complexity index is 583. The van der Waals surface area contributed by atoms with Crippen LogP contribution in [0.5, 0.6) is 0 Å². The van der Waals surface area contributed by atoms with Gasteiger partial charge in [-0.2, -0.15) is 10.2 Å². The molecule has 2 aromatic rings. The Kier molecular flexibility index (Phi) is 6.33. The van der Waals surface area contributed by atoms with Crippen LogP contribution in [0.3, 0.4) is 0 Å². The molecule has 114 valence electrons. The topological polar surface area (TPSA) is 37.8 Å². The molecule has 0 aliphatic carbocycles. The number of aromatic nitrogens is 2. The van der Waals surface area contributed by atoms with Crippen LogP contribution in [0, 0.1) is 6.92 Å². The average molecular weight is 368 g/mol. The van der Waals surface area contributed by atoms with Crippen LogP contribution >= 0.6 is 27.3 Å². The molecular formula is C16H22BrN3S. The van der Waals surface area contributed by atoms with Crippen molar-refractivity contribution in [3.8, 4) is 0 Å². The van der Waals surface area contributed by atoms with Crippen LogP contribution in [0.25, 0.3) is 0 Å². The molecule has 0 aliphatic heterocycles. The summed E-state index contributed by atoms with van der Waals surface area (Å²) in [6.07, 6.45) is 3.04. The van der Waals surface area contributed by atoms with Gasteiger partial charge in [0, 0.05) is 27.2 Å². The zero-order chi connectivity index (χ0) is 15.2. The second-order valence-electron chi connectivity index (χ2n) is 5.18. The van der Waals surface area contributed by atoms with E-state index >= 15 is 0 Å². The SMILES string of the molecule is CCCNC(Cc1cc(Br)cs1)c1cc(C)nnc1CC. The van der Waals surface area contributed by atoms with Crippen molar-refractivity contribution in [3.63, 3.8) is 0 Å². The number of nitrogens with zero attached hydrogens (tertiary/aromatic N) is 2. The highest BCUT2D eigenvalue weighted by Gasteiger charge is 2.17. The first kappa shape index (κ1) is 16.6. The van der Waals surface area contributed by atoms with Gasteiger partial charge in [0.1, 0.15) is 0 Å². The normalized spacial score (nSPS) is 12.6. The van der Waals surface area contributed by atoms with Gasteiger partial charge in [-0.05, 0) is 59.9 Å². The number of hydrogen-bond acceptors (Lipinski definition) is 4. The van der Waals surface area contributed by atoms with E-state index in [-0.39, 0.29) is 0 Å². The molecule has 0 saturated carbocycles. The van der Waals surface area contributed by atoms with Gasteiger partial charge >= 0.3 is 0 Å². The Morgan fingerprint density at radius 2 is 2.10 bits per heavy atom. The van der Waals surface area contributed by atoms with Crippen molar-refractivity contribution in [1.82, 2.24) is 15.5 Å². The van der Waals surface area contributed by atoms with Gasteiger partial charge < -0.3 is 5.32 Å². The van der Waals surface area contributed by atoms with Crippen molar-refractivity contribution in [1.29, 1.82) is 0 Å². The maximum atomic E-state index is 4.38. The third kappa shape index (κ3) is 4.59. The third-order valence-corrected chi connectivity index (χ3v) is 5.12. The first-order valence-electron chi connectivity index (χ1n) is 7.43. The molecule has 1 N–H and O–H groups in total. The summed E-state index contributed by atoms with van der Waals surface area (Å²) in [5, 5.41) is 14.4. The summed E-state index contributed by atoms with van der Waals surface area (Å²) in [5.41, 5.74) is 3.38. The lowest BCUT2D eigenvalue weighted by molar-refractivity contribution is 0.524. The van der Waals surface area contributed by atoms with E-state index in [0.717, 1.165) is 41.7 Å². The molecule has 21 heavy (non-hydrogen) atoms. The van der Waals surface area contributed by atoms with E-state index in [4.69, 9.17) is 0 Å². The zero-order valence-corrected chi connectivity index (χ0v) is 15.2. The van der Waals surface area contributed by atoms with Crippen LogP contribution in [-0.4, -0.2) is 16.7 Å². The fraction of sp³-hybridized carbons (Fsp3) is 0.500. The van der Waals surface area contributed by atoms with Crippen LogP contribution in [0.2, 0.25) is 0 Å². The molecule has 2 rings (SSSR count). The van der Waals surface area contributed by atoms with E-state index in [9.17, 15) is 0 Å². The quantitative estimate of drug-likeness (QED) is 0.784. The maximum Gasteiger partial charge on any atom is 0.0676 e. The van der Waals surface area contributed by atoms with E-state index in [2.05, 4.69) is 62.8 Å². The van der Waals surface area contributed by atoms with Crippen molar-refractivity contribution in [2.45, 2.75) is 46.1 Å². The summed E-state index contributed by atoms with van der Waals surface area (Å²) in [4.78, 5) is 1.38. The minimum absolute atomic E-state index is 0.305. The molecule has 0 aliphatic rings. The average Bonchev–Trinajstić information content (AvgIpc) is 2.88. The molecule has 3 nitrogen and oxygen atoms in total. The van der Waals surface area contributed by atoms with Gasteiger partial charge in [-0.25, -0.2) is 0 Å². The Morgan fingerprint density at radius 1 is 1.29 bits per heavy atom. The lowest BCUT2D eigenvalue weighted by atomic mass is 9.99. The van der Waals surface area contributed by atoms with Gasteiger partial charge in [0.15, 0.2) is 0 Å². The standard InChI is InChI=1S/C16H22BrN3S/c1-4-6-18-16(9-13-8-12(17)10-21-13)14-7-11(3)19-20-15(14)5-2/h7-8,10,16,18H,4-6,9H2,1-3H3. The van der Waals surface area contributed by atoms with Gasteiger partial charge in [0.25, 0.3) is 0 Å². The number of aryl methyl sites for hydroxylation is 2. The Balaban J connectivity index is 2.28. The van der Waals surface area contributed by atoms with Gasteiger partial charge in [-0.1, -0.05) is 13.8 Å². The molecule has 1 unspecified atom stereocenters. The van der Waals surface area contributed by atoms with Crippen LogP contribution < -0.4 is 5.32 Å². The van der Waals surface area contributed by atoms with E-state index in [1.807, 2.05) is 6.92 Å². The highest BCUT2D eigenvalue weighted by Crippen LogP contribution is 2.27. The molecule has 5 heteroatoms.